The lowest BCUT2D eigenvalue weighted by Gasteiger charge is -2.39. The summed E-state index contributed by atoms with van der Waals surface area (Å²) in [4.78, 5) is 17.9. The Morgan fingerprint density at radius 2 is 2.00 bits per heavy atom. The smallest absolute Gasteiger partial charge is 0.377 e. The molecule has 1 aromatic heterocycles. The third-order valence-electron chi connectivity index (χ3n) is 4.70. The topological polar surface area (TPSA) is 48.6 Å². The Morgan fingerprint density at radius 3 is 2.71 bits per heavy atom. The van der Waals surface area contributed by atoms with Gasteiger partial charge in [0.05, 0.1) is 13.2 Å². The standard InChI is InChI=1S/C16H22F3N3O2/c1-11-10-24-7-6-21(11)12-8-14(20-15(23)9-12)22-5-3-2-4-13(22)16(17,18)19/h8-9,11,13H,2-7,10H2,1H3,(H,20,23)/t11-,13?/m1/s1. The van der Waals surface area contributed by atoms with Crippen LogP contribution in [0, 0.1) is 0 Å². The van der Waals surface area contributed by atoms with Gasteiger partial charge in [-0.25, -0.2) is 0 Å². The van der Waals surface area contributed by atoms with Crippen molar-refractivity contribution in [2.45, 2.75) is 44.4 Å². The number of anilines is 2. The van der Waals surface area contributed by atoms with Crippen molar-refractivity contribution in [1.82, 2.24) is 4.98 Å². The third-order valence-corrected chi connectivity index (χ3v) is 4.70. The van der Waals surface area contributed by atoms with Crippen LogP contribution in [0.5, 0.6) is 0 Å². The zero-order valence-corrected chi connectivity index (χ0v) is 13.6. The molecule has 0 aromatic carbocycles. The Bertz CT molecular complexity index is 632. The number of nitrogens with one attached hydrogen (secondary N) is 1. The number of alkyl halides is 3. The first kappa shape index (κ1) is 17.1. The molecule has 0 spiro atoms. The maximum absolute atomic E-state index is 13.3. The highest BCUT2D eigenvalue weighted by molar-refractivity contribution is 5.56. The van der Waals surface area contributed by atoms with E-state index >= 15 is 0 Å². The van der Waals surface area contributed by atoms with Gasteiger partial charge in [0.25, 0.3) is 5.56 Å². The molecule has 1 aromatic rings. The van der Waals surface area contributed by atoms with E-state index in [2.05, 4.69) is 4.98 Å². The molecule has 0 aliphatic carbocycles. The Labute approximate surface area is 138 Å². The van der Waals surface area contributed by atoms with Crippen LogP contribution in [0.25, 0.3) is 0 Å². The number of aromatic nitrogens is 1. The van der Waals surface area contributed by atoms with E-state index in [0.29, 0.717) is 44.8 Å². The van der Waals surface area contributed by atoms with Crippen molar-refractivity contribution in [2.24, 2.45) is 0 Å². The molecule has 0 radical (unpaired) electrons. The van der Waals surface area contributed by atoms with Gasteiger partial charge in [-0.2, -0.15) is 13.2 Å². The first-order valence-corrected chi connectivity index (χ1v) is 8.28. The number of halogens is 3. The summed E-state index contributed by atoms with van der Waals surface area (Å²) in [6.45, 7) is 3.97. The first-order chi connectivity index (χ1) is 11.4. The summed E-state index contributed by atoms with van der Waals surface area (Å²) < 4.78 is 45.4. The number of nitrogens with zero attached hydrogens (tertiary/aromatic N) is 2. The van der Waals surface area contributed by atoms with Gasteiger partial charge in [0.2, 0.25) is 0 Å². The molecule has 2 aliphatic rings. The number of hydrogen-bond acceptors (Lipinski definition) is 4. The second kappa shape index (κ2) is 6.66. The van der Waals surface area contributed by atoms with Gasteiger partial charge < -0.3 is 19.5 Å². The number of rotatable bonds is 2. The largest absolute Gasteiger partial charge is 0.408 e. The molecular formula is C16H22F3N3O2. The van der Waals surface area contributed by atoms with Gasteiger partial charge in [0.15, 0.2) is 0 Å². The molecule has 3 heterocycles. The van der Waals surface area contributed by atoms with E-state index in [4.69, 9.17) is 4.74 Å². The fraction of sp³-hybridized carbons (Fsp3) is 0.688. The summed E-state index contributed by atoms with van der Waals surface area (Å²) in [6.07, 6.45) is -3.01. The van der Waals surface area contributed by atoms with E-state index in [1.54, 1.807) is 6.07 Å². The lowest BCUT2D eigenvalue weighted by Crippen LogP contribution is -2.49. The van der Waals surface area contributed by atoms with Crippen LogP contribution in [0.2, 0.25) is 0 Å². The predicted molar refractivity (Wildman–Crippen MR) is 85.7 cm³/mol. The lowest BCUT2D eigenvalue weighted by molar-refractivity contribution is -0.152. The molecular weight excluding hydrogens is 323 g/mol. The van der Waals surface area contributed by atoms with Gasteiger partial charge in [-0.3, -0.25) is 4.79 Å². The number of pyridine rings is 1. The molecule has 24 heavy (non-hydrogen) atoms. The van der Waals surface area contributed by atoms with Crippen molar-refractivity contribution < 1.29 is 17.9 Å². The Hall–Kier alpha value is -1.70. The highest BCUT2D eigenvalue weighted by Crippen LogP contribution is 2.35. The molecule has 8 heteroatoms. The van der Waals surface area contributed by atoms with Crippen LogP contribution in [-0.2, 0) is 4.74 Å². The van der Waals surface area contributed by atoms with Crippen molar-refractivity contribution in [2.75, 3.05) is 36.1 Å². The number of hydrogen-bond donors (Lipinski definition) is 1. The molecule has 0 amide bonds. The molecule has 2 atom stereocenters. The molecule has 2 fully saturated rings. The fourth-order valence-corrected chi connectivity index (χ4v) is 3.51. The predicted octanol–water partition coefficient (Wildman–Crippen LogP) is 2.52. The minimum atomic E-state index is -4.31. The minimum absolute atomic E-state index is 0.0592. The average Bonchev–Trinajstić information content (AvgIpc) is 2.54. The van der Waals surface area contributed by atoms with Crippen LogP contribution >= 0.6 is 0 Å². The Morgan fingerprint density at radius 1 is 1.21 bits per heavy atom. The summed E-state index contributed by atoms with van der Waals surface area (Å²) in [6, 6.07) is 1.64. The molecule has 0 saturated carbocycles. The number of H-pyrrole nitrogens is 1. The monoisotopic (exact) mass is 345 g/mol. The van der Waals surface area contributed by atoms with Gasteiger partial charge in [0.1, 0.15) is 11.9 Å². The van der Waals surface area contributed by atoms with E-state index < -0.39 is 12.2 Å². The summed E-state index contributed by atoms with van der Waals surface area (Å²) in [7, 11) is 0. The van der Waals surface area contributed by atoms with E-state index in [-0.39, 0.29) is 23.8 Å². The van der Waals surface area contributed by atoms with E-state index in [1.165, 1.54) is 11.0 Å². The van der Waals surface area contributed by atoms with Crippen LogP contribution in [0.4, 0.5) is 24.7 Å². The molecule has 134 valence electrons. The van der Waals surface area contributed by atoms with Crippen molar-refractivity contribution in [1.29, 1.82) is 0 Å². The van der Waals surface area contributed by atoms with Crippen LogP contribution in [0.15, 0.2) is 16.9 Å². The summed E-state index contributed by atoms with van der Waals surface area (Å²) >= 11 is 0. The van der Waals surface area contributed by atoms with Crippen molar-refractivity contribution in [3.8, 4) is 0 Å². The second-order valence-electron chi connectivity index (χ2n) is 6.45. The van der Waals surface area contributed by atoms with Crippen molar-refractivity contribution in [3.63, 3.8) is 0 Å². The van der Waals surface area contributed by atoms with Gasteiger partial charge in [-0.05, 0) is 26.2 Å². The number of ether oxygens (including phenoxy) is 1. The zero-order valence-electron chi connectivity index (χ0n) is 13.6. The molecule has 5 nitrogen and oxygen atoms in total. The fourth-order valence-electron chi connectivity index (χ4n) is 3.51. The van der Waals surface area contributed by atoms with Crippen molar-refractivity contribution in [3.05, 3.63) is 22.5 Å². The summed E-state index contributed by atoms with van der Waals surface area (Å²) in [5.74, 6) is 0.248. The maximum Gasteiger partial charge on any atom is 0.408 e. The van der Waals surface area contributed by atoms with Gasteiger partial charge >= 0.3 is 6.18 Å². The van der Waals surface area contributed by atoms with Crippen LogP contribution in [0.3, 0.4) is 0 Å². The van der Waals surface area contributed by atoms with E-state index in [0.717, 1.165) is 0 Å². The lowest BCUT2D eigenvalue weighted by atomic mass is 10.0. The Kier molecular flexibility index (Phi) is 4.76. The van der Waals surface area contributed by atoms with E-state index in [9.17, 15) is 18.0 Å². The molecule has 0 bridgehead atoms. The van der Waals surface area contributed by atoms with E-state index in [1.807, 2.05) is 11.8 Å². The molecule has 1 unspecified atom stereocenters. The minimum Gasteiger partial charge on any atom is -0.377 e. The number of piperidine rings is 1. The average molecular weight is 345 g/mol. The molecule has 3 rings (SSSR count). The Balaban J connectivity index is 1.94. The summed E-state index contributed by atoms with van der Waals surface area (Å²) in [5.41, 5.74) is 0.267. The quantitative estimate of drug-likeness (QED) is 0.895. The third kappa shape index (κ3) is 3.53. The number of aromatic amines is 1. The highest BCUT2D eigenvalue weighted by atomic mass is 19.4. The highest BCUT2D eigenvalue weighted by Gasteiger charge is 2.45. The van der Waals surface area contributed by atoms with Gasteiger partial charge in [0, 0.05) is 37.0 Å². The van der Waals surface area contributed by atoms with Crippen LogP contribution < -0.4 is 15.4 Å². The maximum atomic E-state index is 13.3. The van der Waals surface area contributed by atoms with Crippen LogP contribution in [0.1, 0.15) is 26.2 Å². The van der Waals surface area contributed by atoms with Crippen molar-refractivity contribution >= 4 is 11.5 Å². The summed E-state index contributed by atoms with van der Waals surface area (Å²) in [5, 5.41) is 0. The normalized spacial score (nSPS) is 25.8. The number of morpholine rings is 1. The molecule has 2 saturated heterocycles. The first-order valence-electron chi connectivity index (χ1n) is 8.28. The second-order valence-corrected chi connectivity index (χ2v) is 6.45. The molecule has 1 N–H and O–H groups in total. The molecule has 2 aliphatic heterocycles. The SMILES string of the molecule is C[C@@H]1COCCN1c1cc(N2CCCCC2C(F)(F)F)[nH]c(=O)c1. The van der Waals surface area contributed by atoms with Gasteiger partial charge in [-0.15, -0.1) is 0 Å². The van der Waals surface area contributed by atoms with Crippen LogP contribution in [-0.4, -0.2) is 49.5 Å². The zero-order chi connectivity index (χ0) is 17.3. The van der Waals surface area contributed by atoms with Gasteiger partial charge in [-0.1, -0.05) is 0 Å².